The Morgan fingerprint density at radius 3 is 2.17 bits per heavy atom. The van der Waals surface area contributed by atoms with Crippen LogP contribution in [0.15, 0.2) is 41.3 Å². The molecule has 0 N–H and O–H groups in total. The van der Waals surface area contributed by atoms with Gasteiger partial charge in [-0.05, 0) is 29.8 Å². The summed E-state index contributed by atoms with van der Waals surface area (Å²) in [5.41, 5.74) is 0.715. The van der Waals surface area contributed by atoms with Crippen LogP contribution in [0.5, 0.6) is 0 Å². The Balaban J connectivity index is 2.11. The molecule has 2 rings (SSSR count). The molecular formula is C13H8ClF3S. The minimum atomic E-state index is -0.622. The molecule has 0 saturated heterocycles. The normalized spacial score (nSPS) is 10.7. The first-order chi connectivity index (χ1) is 8.54. The van der Waals surface area contributed by atoms with Crippen LogP contribution in [0, 0.1) is 17.5 Å². The van der Waals surface area contributed by atoms with Crippen molar-refractivity contribution in [2.24, 2.45) is 0 Å². The summed E-state index contributed by atoms with van der Waals surface area (Å²) in [5.74, 6) is -1.24. The Hall–Kier alpha value is -1.13. The quantitative estimate of drug-likeness (QED) is 0.712. The second-order valence-electron chi connectivity index (χ2n) is 3.63. The smallest absolute Gasteiger partial charge is 0.127 e. The molecule has 0 amide bonds. The van der Waals surface area contributed by atoms with Crippen LogP contribution in [0.1, 0.15) is 5.56 Å². The second-order valence-corrected chi connectivity index (χ2v) is 5.09. The molecule has 0 unspecified atom stereocenters. The molecule has 0 aliphatic rings. The highest BCUT2D eigenvalue weighted by Crippen LogP contribution is 2.28. The van der Waals surface area contributed by atoms with Crippen molar-refractivity contribution in [1.82, 2.24) is 0 Å². The standard InChI is InChI=1S/C13H8ClF3S/c14-13-6-9(15)2-1-8(13)7-18-12-4-10(16)3-11(17)5-12/h1-6H,7H2. The van der Waals surface area contributed by atoms with Crippen LogP contribution in [-0.4, -0.2) is 0 Å². The SMILES string of the molecule is Fc1cc(F)cc(SCc2ccc(F)cc2Cl)c1. The molecule has 2 aromatic carbocycles. The van der Waals surface area contributed by atoms with E-state index in [1.54, 1.807) is 6.07 Å². The number of thioether (sulfide) groups is 1. The fourth-order valence-corrected chi connectivity index (χ4v) is 2.69. The minimum Gasteiger partial charge on any atom is -0.207 e. The molecule has 0 radical (unpaired) electrons. The van der Waals surface area contributed by atoms with Gasteiger partial charge in [-0.25, -0.2) is 13.2 Å². The molecule has 5 heteroatoms. The number of hydrogen-bond acceptors (Lipinski definition) is 1. The average Bonchev–Trinajstić information content (AvgIpc) is 2.26. The third-order valence-corrected chi connectivity index (χ3v) is 3.62. The van der Waals surface area contributed by atoms with Crippen molar-refractivity contribution in [3.63, 3.8) is 0 Å². The van der Waals surface area contributed by atoms with Gasteiger partial charge in [-0.15, -0.1) is 11.8 Å². The van der Waals surface area contributed by atoms with Gasteiger partial charge >= 0.3 is 0 Å². The summed E-state index contributed by atoms with van der Waals surface area (Å²) in [6, 6.07) is 7.36. The molecule has 0 aliphatic carbocycles. The van der Waals surface area contributed by atoms with Crippen LogP contribution in [0.3, 0.4) is 0 Å². The van der Waals surface area contributed by atoms with E-state index in [0.717, 1.165) is 6.07 Å². The summed E-state index contributed by atoms with van der Waals surface area (Å²) in [7, 11) is 0. The molecule has 0 spiro atoms. The molecule has 0 heterocycles. The molecule has 0 atom stereocenters. The van der Waals surface area contributed by atoms with Gasteiger partial charge in [0.05, 0.1) is 0 Å². The zero-order valence-electron chi connectivity index (χ0n) is 9.09. The molecule has 94 valence electrons. The van der Waals surface area contributed by atoms with Crippen molar-refractivity contribution in [3.8, 4) is 0 Å². The van der Waals surface area contributed by atoms with E-state index in [0.29, 0.717) is 21.2 Å². The van der Waals surface area contributed by atoms with E-state index in [1.807, 2.05) is 0 Å². The van der Waals surface area contributed by atoms with Gasteiger partial charge in [-0.1, -0.05) is 17.7 Å². The van der Waals surface area contributed by atoms with Gasteiger partial charge in [0.2, 0.25) is 0 Å². The molecule has 0 fully saturated rings. The second kappa shape index (κ2) is 5.67. The highest BCUT2D eigenvalue weighted by Gasteiger charge is 2.05. The van der Waals surface area contributed by atoms with Crippen LogP contribution in [0.2, 0.25) is 5.02 Å². The highest BCUT2D eigenvalue weighted by molar-refractivity contribution is 7.98. The van der Waals surface area contributed by atoms with Gasteiger partial charge in [-0.3, -0.25) is 0 Å². The summed E-state index contributed by atoms with van der Waals surface area (Å²) >= 11 is 7.09. The summed E-state index contributed by atoms with van der Waals surface area (Å²) in [5, 5.41) is 0.305. The van der Waals surface area contributed by atoms with E-state index < -0.39 is 17.5 Å². The zero-order valence-corrected chi connectivity index (χ0v) is 10.7. The van der Waals surface area contributed by atoms with Gasteiger partial charge in [0.1, 0.15) is 17.5 Å². The number of rotatable bonds is 3. The van der Waals surface area contributed by atoms with Gasteiger partial charge in [0.15, 0.2) is 0 Å². The Morgan fingerprint density at radius 2 is 1.56 bits per heavy atom. The van der Waals surface area contributed by atoms with Crippen molar-refractivity contribution < 1.29 is 13.2 Å². The summed E-state index contributed by atoms with van der Waals surface area (Å²) in [4.78, 5) is 0.466. The molecule has 0 aliphatic heterocycles. The predicted molar refractivity (Wildman–Crippen MR) is 67.3 cm³/mol. The van der Waals surface area contributed by atoms with Crippen LogP contribution in [-0.2, 0) is 5.75 Å². The first-order valence-electron chi connectivity index (χ1n) is 5.07. The fraction of sp³-hybridized carbons (Fsp3) is 0.0769. The van der Waals surface area contributed by atoms with Gasteiger partial charge in [0, 0.05) is 21.7 Å². The molecule has 0 saturated carbocycles. The Bertz CT molecular complexity index is 552. The maximum Gasteiger partial charge on any atom is 0.127 e. The first kappa shape index (κ1) is 13.3. The lowest BCUT2D eigenvalue weighted by Crippen LogP contribution is -1.86. The fourth-order valence-electron chi connectivity index (χ4n) is 1.41. The van der Waals surface area contributed by atoms with Crippen LogP contribution < -0.4 is 0 Å². The van der Waals surface area contributed by atoms with Crippen LogP contribution in [0.25, 0.3) is 0 Å². The molecule has 0 aromatic heterocycles. The van der Waals surface area contributed by atoms with Crippen molar-refractivity contribution >= 4 is 23.4 Å². The Labute approximate surface area is 112 Å². The van der Waals surface area contributed by atoms with Crippen LogP contribution >= 0.6 is 23.4 Å². The van der Waals surface area contributed by atoms with Crippen molar-refractivity contribution in [2.45, 2.75) is 10.6 Å². The third-order valence-electron chi connectivity index (χ3n) is 2.25. The largest absolute Gasteiger partial charge is 0.207 e. The summed E-state index contributed by atoms with van der Waals surface area (Å²) in [6.45, 7) is 0. The lowest BCUT2D eigenvalue weighted by atomic mass is 10.2. The monoisotopic (exact) mass is 288 g/mol. The summed E-state index contributed by atoms with van der Waals surface area (Å²) < 4.78 is 38.7. The lowest BCUT2D eigenvalue weighted by molar-refractivity contribution is 0.577. The summed E-state index contributed by atoms with van der Waals surface area (Å²) in [6.07, 6.45) is 0. The van der Waals surface area contributed by atoms with E-state index in [4.69, 9.17) is 11.6 Å². The van der Waals surface area contributed by atoms with E-state index in [-0.39, 0.29) is 0 Å². The molecule has 2 aromatic rings. The first-order valence-corrected chi connectivity index (χ1v) is 6.44. The van der Waals surface area contributed by atoms with E-state index in [1.165, 1.54) is 36.0 Å². The van der Waals surface area contributed by atoms with E-state index in [9.17, 15) is 13.2 Å². The third kappa shape index (κ3) is 3.43. The van der Waals surface area contributed by atoms with Gasteiger partial charge in [-0.2, -0.15) is 0 Å². The maximum atomic E-state index is 13.0. The molecule has 0 nitrogen and oxygen atoms in total. The minimum absolute atomic E-state index is 0.305. The van der Waals surface area contributed by atoms with Crippen LogP contribution in [0.4, 0.5) is 13.2 Å². The average molecular weight is 289 g/mol. The van der Waals surface area contributed by atoms with E-state index in [2.05, 4.69) is 0 Å². The van der Waals surface area contributed by atoms with Gasteiger partial charge in [0.25, 0.3) is 0 Å². The van der Waals surface area contributed by atoms with E-state index >= 15 is 0 Å². The Kier molecular flexibility index (Phi) is 4.19. The van der Waals surface area contributed by atoms with Crippen molar-refractivity contribution in [3.05, 3.63) is 64.4 Å². The number of hydrogen-bond donors (Lipinski definition) is 0. The predicted octanol–water partition coefficient (Wildman–Crippen LogP) is 5.05. The lowest BCUT2D eigenvalue weighted by Gasteiger charge is -2.05. The molecule has 0 bridgehead atoms. The van der Waals surface area contributed by atoms with Crippen molar-refractivity contribution in [2.75, 3.05) is 0 Å². The number of halogens is 4. The number of benzene rings is 2. The Morgan fingerprint density at radius 1 is 0.889 bits per heavy atom. The zero-order chi connectivity index (χ0) is 13.1. The highest BCUT2D eigenvalue weighted by atomic mass is 35.5. The molecular weight excluding hydrogens is 281 g/mol. The van der Waals surface area contributed by atoms with Crippen molar-refractivity contribution in [1.29, 1.82) is 0 Å². The maximum absolute atomic E-state index is 13.0. The van der Waals surface area contributed by atoms with Gasteiger partial charge < -0.3 is 0 Å². The topological polar surface area (TPSA) is 0 Å². The molecule has 18 heavy (non-hydrogen) atoms.